The van der Waals surface area contributed by atoms with Crippen molar-refractivity contribution in [1.29, 1.82) is 0 Å². The van der Waals surface area contributed by atoms with Crippen molar-refractivity contribution in [3.8, 4) is 0 Å². The van der Waals surface area contributed by atoms with Gasteiger partial charge < -0.3 is 0 Å². The van der Waals surface area contributed by atoms with Gasteiger partial charge in [0.15, 0.2) is 0 Å². The molecular formula is C18H9. The fourth-order valence-corrected chi connectivity index (χ4v) is 2.45. The highest BCUT2D eigenvalue weighted by Gasteiger charge is 2.00. The molecule has 0 bridgehead atoms. The molecule has 0 fully saturated rings. The van der Waals surface area contributed by atoms with E-state index >= 15 is 0 Å². The lowest BCUT2D eigenvalue weighted by molar-refractivity contribution is 1.74. The Balaban J connectivity index is 2.20. The highest BCUT2D eigenvalue weighted by Crippen LogP contribution is 2.26. The van der Waals surface area contributed by atoms with Crippen LogP contribution in [-0.2, 0) is 0 Å². The van der Waals surface area contributed by atoms with Crippen molar-refractivity contribution >= 4 is 32.3 Å². The second kappa shape index (κ2) is 3.58. The smallest absolute Gasteiger partial charge is 0.000695 e. The molecule has 0 saturated carbocycles. The van der Waals surface area contributed by atoms with Gasteiger partial charge in [-0.3, -0.25) is 0 Å². The van der Waals surface area contributed by atoms with Crippen LogP contribution in [0.4, 0.5) is 0 Å². The predicted molar refractivity (Wildman–Crippen MR) is 75.5 cm³/mol. The van der Waals surface area contributed by atoms with Crippen LogP contribution in [0.25, 0.3) is 32.3 Å². The van der Waals surface area contributed by atoms with Crippen LogP contribution in [0.1, 0.15) is 0 Å². The van der Waals surface area contributed by atoms with E-state index in [0.717, 1.165) is 10.8 Å². The first kappa shape index (κ1) is 9.67. The maximum absolute atomic E-state index is 3.11. The zero-order chi connectivity index (χ0) is 11.9. The van der Waals surface area contributed by atoms with Crippen molar-refractivity contribution in [2.75, 3.05) is 0 Å². The summed E-state index contributed by atoms with van der Waals surface area (Å²) < 4.78 is 0. The van der Waals surface area contributed by atoms with E-state index in [4.69, 9.17) is 0 Å². The molecule has 0 aliphatic carbocycles. The van der Waals surface area contributed by atoms with Gasteiger partial charge in [0.05, 0.1) is 0 Å². The van der Waals surface area contributed by atoms with E-state index < -0.39 is 0 Å². The monoisotopic (exact) mass is 225 g/mol. The van der Waals surface area contributed by atoms with Crippen LogP contribution in [0.3, 0.4) is 0 Å². The van der Waals surface area contributed by atoms with Gasteiger partial charge in [-0.2, -0.15) is 0 Å². The number of benzene rings is 4. The summed E-state index contributed by atoms with van der Waals surface area (Å²) in [6, 6.07) is 28.2. The van der Waals surface area contributed by atoms with Crippen molar-refractivity contribution in [3.63, 3.8) is 0 Å². The van der Waals surface area contributed by atoms with Gasteiger partial charge in [0.1, 0.15) is 0 Å². The van der Waals surface area contributed by atoms with Crippen molar-refractivity contribution in [2.45, 2.75) is 0 Å². The van der Waals surface area contributed by atoms with Crippen molar-refractivity contribution in [3.05, 3.63) is 72.8 Å². The lowest BCUT2D eigenvalue weighted by atomic mass is 10.00. The highest BCUT2D eigenvalue weighted by molar-refractivity contribution is 6.04. The molecule has 0 unspecified atom stereocenters. The van der Waals surface area contributed by atoms with Gasteiger partial charge in [0.25, 0.3) is 0 Å². The molecular weight excluding hydrogens is 216 g/mol. The molecule has 18 heavy (non-hydrogen) atoms. The van der Waals surface area contributed by atoms with Crippen LogP contribution in [-0.4, -0.2) is 0 Å². The summed E-state index contributed by atoms with van der Waals surface area (Å²) in [5.74, 6) is 0. The zero-order valence-corrected chi connectivity index (χ0v) is 9.70. The van der Waals surface area contributed by atoms with E-state index in [9.17, 15) is 0 Å². The Kier molecular flexibility index (Phi) is 1.92. The van der Waals surface area contributed by atoms with Crippen LogP contribution in [0.5, 0.6) is 0 Å². The van der Waals surface area contributed by atoms with Gasteiger partial charge in [-0.15, -0.1) is 0 Å². The SMILES string of the molecule is [c]1[c]cc2cc3cc4ccccc4cc3cc2[c]1. The molecule has 4 aromatic carbocycles. The average Bonchev–Trinajstić information content (AvgIpc) is 2.42. The number of hydrogen-bond acceptors (Lipinski definition) is 0. The summed E-state index contributed by atoms with van der Waals surface area (Å²) in [5.41, 5.74) is 0. The van der Waals surface area contributed by atoms with E-state index in [2.05, 4.69) is 66.7 Å². The second-order valence-electron chi connectivity index (χ2n) is 4.52. The summed E-state index contributed by atoms with van der Waals surface area (Å²) in [7, 11) is 0. The van der Waals surface area contributed by atoms with E-state index in [1.165, 1.54) is 21.5 Å². The van der Waals surface area contributed by atoms with E-state index in [-0.39, 0.29) is 0 Å². The first-order valence-corrected chi connectivity index (χ1v) is 5.96. The van der Waals surface area contributed by atoms with Crippen molar-refractivity contribution in [1.82, 2.24) is 0 Å². The lowest BCUT2D eigenvalue weighted by Crippen LogP contribution is -1.78. The molecule has 0 heteroatoms. The summed E-state index contributed by atoms with van der Waals surface area (Å²) >= 11 is 0. The van der Waals surface area contributed by atoms with Crippen LogP contribution in [0.2, 0.25) is 0 Å². The Morgan fingerprint density at radius 1 is 0.667 bits per heavy atom. The molecule has 4 aromatic rings. The maximum atomic E-state index is 3.11. The summed E-state index contributed by atoms with van der Waals surface area (Å²) in [6.07, 6.45) is 0. The Hall–Kier alpha value is -2.34. The Morgan fingerprint density at radius 2 is 1.33 bits per heavy atom. The maximum Gasteiger partial charge on any atom is -0.000695 e. The summed E-state index contributed by atoms with van der Waals surface area (Å²) in [5, 5.41) is 7.31. The van der Waals surface area contributed by atoms with Gasteiger partial charge >= 0.3 is 0 Å². The topological polar surface area (TPSA) is 0 Å². The quantitative estimate of drug-likeness (QED) is 0.385. The first-order valence-electron chi connectivity index (χ1n) is 5.96. The standard InChI is InChI=1S/C18H9/c1-2-6-14-10-18-12-16-8-4-3-7-15(16)11-17(18)9-13(14)5-1/h1-2,5-7,9-12H. The fourth-order valence-electron chi connectivity index (χ4n) is 2.45. The minimum Gasteiger partial charge on any atom is -0.0616 e. The number of fused-ring (bicyclic) bond motifs is 3. The average molecular weight is 225 g/mol. The lowest BCUT2D eigenvalue weighted by Gasteiger charge is -2.04. The molecule has 0 aliphatic heterocycles. The molecule has 0 heterocycles. The molecule has 0 nitrogen and oxygen atoms in total. The van der Waals surface area contributed by atoms with Gasteiger partial charge in [-0.1, -0.05) is 24.3 Å². The van der Waals surface area contributed by atoms with Crippen LogP contribution in [0.15, 0.2) is 54.6 Å². The zero-order valence-electron chi connectivity index (χ0n) is 9.70. The Bertz CT molecular complexity index is 728. The molecule has 0 atom stereocenters. The minimum absolute atomic E-state index is 1.09. The highest BCUT2D eigenvalue weighted by atomic mass is 14.0. The third-order valence-corrected chi connectivity index (χ3v) is 3.37. The van der Waals surface area contributed by atoms with Crippen molar-refractivity contribution < 1.29 is 0 Å². The first-order chi connectivity index (χ1) is 8.90. The molecule has 0 amide bonds. The molecule has 0 saturated heterocycles. The molecule has 3 radical (unpaired) electrons. The summed E-state index contributed by atoms with van der Waals surface area (Å²) in [6.45, 7) is 0. The third-order valence-electron chi connectivity index (χ3n) is 3.37. The molecule has 4 rings (SSSR count). The number of hydrogen-bond donors (Lipinski definition) is 0. The van der Waals surface area contributed by atoms with Crippen LogP contribution in [0, 0.1) is 18.2 Å². The Labute approximate surface area is 105 Å². The third kappa shape index (κ3) is 1.39. The van der Waals surface area contributed by atoms with Gasteiger partial charge in [0.2, 0.25) is 0 Å². The Morgan fingerprint density at radius 3 is 2.11 bits per heavy atom. The van der Waals surface area contributed by atoms with Gasteiger partial charge in [-0.05, 0) is 80.8 Å². The number of rotatable bonds is 0. The van der Waals surface area contributed by atoms with E-state index in [1.807, 2.05) is 6.07 Å². The molecule has 0 aliphatic rings. The second-order valence-corrected chi connectivity index (χ2v) is 4.52. The van der Waals surface area contributed by atoms with Gasteiger partial charge in [0, 0.05) is 0 Å². The predicted octanol–water partition coefficient (Wildman–Crippen LogP) is 4.55. The normalized spacial score (nSPS) is 11.3. The molecule has 0 spiro atoms. The van der Waals surface area contributed by atoms with E-state index in [0.29, 0.717) is 0 Å². The van der Waals surface area contributed by atoms with Crippen molar-refractivity contribution in [2.24, 2.45) is 0 Å². The van der Waals surface area contributed by atoms with Gasteiger partial charge in [-0.25, -0.2) is 0 Å². The summed E-state index contributed by atoms with van der Waals surface area (Å²) in [4.78, 5) is 0. The largest absolute Gasteiger partial charge is 0.0616 e. The minimum atomic E-state index is 1.09. The van der Waals surface area contributed by atoms with Crippen LogP contribution >= 0.6 is 0 Å². The molecule has 0 N–H and O–H groups in total. The molecule has 0 aromatic heterocycles. The molecule has 81 valence electrons. The van der Waals surface area contributed by atoms with Crippen LogP contribution < -0.4 is 0 Å². The van der Waals surface area contributed by atoms with E-state index in [1.54, 1.807) is 0 Å². The fraction of sp³-hybridized carbons (Fsp3) is 0.